The second kappa shape index (κ2) is 8.12. The molecule has 0 spiro atoms. The fraction of sp³-hybridized carbons (Fsp3) is 1.00. The van der Waals surface area contributed by atoms with Crippen molar-refractivity contribution in [2.24, 2.45) is 29.6 Å². The van der Waals surface area contributed by atoms with Crippen LogP contribution >= 0.6 is 0 Å². The minimum atomic E-state index is -0.356. The van der Waals surface area contributed by atoms with Crippen molar-refractivity contribution >= 4 is 0 Å². The van der Waals surface area contributed by atoms with E-state index in [-0.39, 0.29) is 6.23 Å². The van der Waals surface area contributed by atoms with Gasteiger partial charge in [-0.2, -0.15) is 0 Å². The summed E-state index contributed by atoms with van der Waals surface area (Å²) in [4.78, 5) is 0. The van der Waals surface area contributed by atoms with Crippen LogP contribution in [0.5, 0.6) is 0 Å². The smallest absolute Gasteiger partial charge is 0.119 e. The van der Waals surface area contributed by atoms with Crippen molar-refractivity contribution in [1.82, 2.24) is 10.9 Å². The molecule has 0 heterocycles. The molecule has 0 aliphatic heterocycles. The van der Waals surface area contributed by atoms with E-state index in [1.807, 2.05) is 0 Å². The summed E-state index contributed by atoms with van der Waals surface area (Å²) in [6.07, 6.45) is 14.5. The van der Waals surface area contributed by atoms with Gasteiger partial charge in [0.1, 0.15) is 6.23 Å². The van der Waals surface area contributed by atoms with Crippen molar-refractivity contribution in [2.75, 3.05) is 6.54 Å². The lowest BCUT2D eigenvalue weighted by molar-refractivity contribution is 0.0351. The van der Waals surface area contributed by atoms with E-state index in [1.54, 1.807) is 0 Å². The van der Waals surface area contributed by atoms with Crippen molar-refractivity contribution in [3.63, 3.8) is 0 Å². The fourth-order valence-corrected chi connectivity index (χ4v) is 5.39. The van der Waals surface area contributed by atoms with Crippen LogP contribution in [-0.4, -0.2) is 17.9 Å². The van der Waals surface area contributed by atoms with Crippen LogP contribution in [-0.2, 0) is 0 Å². The van der Waals surface area contributed by atoms with E-state index < -0.39 is 0 Å². The molecule has 3 N–H and O–H groups in total. The fourth-order valence-electron chi connectivity index (χ4n) is 5.39. The molecule has 0 saturated heterocycles. The van der Waals surface area contributed by atoms with Gasteiger partial charge in [-0.3, -0.25) is 5.43 Å². The van der Waals surface area contributed by atoms with E-state index in [0.29, 0.717) is 5.92 Å². The second-order valence-corrected chi connectivity index (χ2v) is 8.38. The zero-order valence-electron chi connectivity index (χ0n) is 14.4. The molecule has 0 bridgehead atoms. The zero-order valence-corrected chi connectivity index (χ0v) is 14.4. The quantitative estimate of drug-likeness (QED) is 0.534. The van der Waals surface area contributed by atoms with Gasteiger partial charge in [0.05, 0.1) is 0 Å². The van der Waals surface area contributed by atoms with Crippen molar-refractivity contribution in [2.45, 2.75) is 83.8 Å². The maximum absolute atomic E-state index is 10.3. The highest BCUT2D eigenvalue weighted by atomic mass is 16.3. The van der Waals surface area contributed by atoms with E-state index in [0.717, 1.165) is 30.2 Å². The first kappa shape index (κ1) is 16.7. The van der Waals surface area contributed by atoms with Gasteiger partial charge >= 0.3 is 0 Å². The van der Waals surface area contributed by atoms with E-state index in [4.69, 9.17) is 0 Å². The predicted molar refractivity (Wildman–Crippen MR) is 91.1 cm³/mol. The standard InChI is InChI=1S/C19H36N2O/c1-14-6-5-9-16-11-10-15(12-18(14)16)13-20-21-19(22)17-7-3-2-4-8-17/h14-22H,2-13H2,1H3/t14-,15?,16?,18?,19?/m1/s1. The minimum Gasteiger partial charge on any atom is -0.377 e. The number of hydrogen-bond donors (Lipinski definition) is 3. The van der Waals surface area contributed by atoms with Crippen LogP contribution in [0.3, 0.4) is 0 Å². The lowest BCUT2D eigenvalue weighted by Crippen LogP contribution is -2.48. The third-order valence-corrected chi connectivity index (χ3v) is 6.86. The van der Waals surface area contributed by atoms with E-state index in [9.17, 15) is 5.11 Å². The molecule has 3 nitrogen and oxygen atoms in total. The molecule has 4 unspecified atom stereocenters. The van der Waals surface area contributed by atoms with Crippen molar-refractivity contribution in [3.05, 3.63) is 0 Å². The molecule has 0 amide bonds. The van der Waals surface area contributed by atoms with Crippen LogP contribution in [0.25, 0.3) is 0 Å². The molecule has 0 aromatic carbocycles. The summed E-state index contributed by atoms with van der Waals surface area (Å²) in [5.74, 6) is 4.17. The summed E-state index contributed by atoms with van der Waals surface area (Å²) in [6, 6.07) is 0. The third kappa shape index (κ3) is 4.24. The average molecular weight is 309 g/mol. The zero-order chi connectivity index (χ0) is 15.4. The Balaban J connectivity index is 1.36. The Hall–Kier alpha value is -0.120. The van der Waals surface area contributed by atoms with Gasteiger partial charge in [0.2, 0.25) is 0 Å². The number of nitrogens with one attached hydrogen (secondary N) is 2. The first-order chi connectivity index (χ1) is 10.7. The average Bonchev–Trinajstić information content (AvgIpc) is 2.56. The highest BCUT2D eigenvalue weighted by Crippen LogP contribution is 2.45. The second-order valence-electron chi connectivity index (χ2n) is 8.38. The molecule has 3 heteroatoms. The lowest BCUT2D eigenvalue weighted by atomic mass is 9.63. The maximum atomic E-state index is 10.3. The van der Waals surface area contributed by atoms with Gasteiger partial charge in [-0.25, -0.2) is 5.43 Å². The number of hydrogen-bond acceptors (Lipinski definition) is 3. The molecular weight excluding hydrogens is 272 g/mol. The minimum absolute atomic E-state index is 0.356. The summed E-state index contributed by atoms with van der Waals surface area (Å²) >= 11 is 0. The first-order valence-electron chi connectivity index (χ1n) is 9.90. The molecule has 3 fully saturated rings. The van der Waals surface area contributed by atoms with Gasteiger partial charge < -0.3 is 5.11 Å². The molecule has 3 saturated carbocycles. The Morgan fingerprint density at radius 2 is 1.77 bits per heavy atom. The monoisotopic (exact) mass is 308 g/mol. The van der Waals surface area contributed by atoms with Gasteiger partial charge in [-0.05, 0) is 61.7 Å². The van der Waals surface area contributed by atoms with Crippen molar-refractivity contribution in [3.8, 4) is 0 Å². The molecule has 3 aliphatic rings. The normalized spacial score (nSPS) is 38.5. The Morgan fingerprint density at radius 3 is 2.59 bits per heavy atom. The summed E-state index contributed by atoms with van der Waals surface area (Å²) in [7, 11) is 0. The number of fused-ring (bicyclic) bond motifs is 1. The predicted octanol–water partition coefficient (Wildman–Crippen LogP) is 3.83. The molecule has 3 rings (SSSR count). The molecule has 22 heavy (non-hydrogen) atoms. The van der Waals surface area contributed by atoms with Gasteiger partial charge in [0.15, 0.2) is 0 Å². The number of rotatable bonds is 5. The first-order valence-corrected chi connectivity index (χ1v) is 9.90. The number of hydrazine groups is 1. The molecule has 0 aromatic rings. The van der Waals surface area contributed by atoms with Gasteiger partial charge in [0, 0.05) is 6.54 Å². The van der Waals surface area contributed by atoms with Crippen LogP contribution in [0.4, 0.5) is 0 Å². The Bertz CT molecular complexity index is 329. The highest BCUT2D eigenvalue weighted by molar-refractivity contribution is 4.87. The Kier molecular flexibility index (Phi) is 6.17. The van der Waals surface area contributed by atoms with Gasteiger partial charge in [0.25, 0.3) is 0 Å². The summed E-state index contributed by atoms with van der Waals surface area (Å²) in [5, 5.41) is 10.3. The number of aliphatic hydroxyl groups excluding tert-OH is 1. The Labute approximate surface area is 136 Å². The molecule has 0 aromatic heterocycles. The maximum Gasteiger partial charge on any atom is 0.119 e. The van der Waals surface area contributed by atoms with Crippen LogP contribution in [0.1, 0.15) is 77.6 Å². The van der Waals surface area contributed by atoms with Crippen LogP contribution in [0.2, 0.25) is 0 Å². The van der Waals surface area contributed by atoms with E-state index in [2.05, 4.69) is 17.8 Å². The summed E-state index contributed by atoms with van der Waals surface area (Å²) < 4.78 is 0. The molecule has 5 atom stereocenters. The molecule has 3 aliphatic carbocycles. The van der Waals surface area contributed by atoms with E-state index in [1.165, 1.54) is 70.6 Å². The van der Waals surface area contributed by atoms with Crippen molar-refractivity contribution in [1.29, 1.82) is 0 Å². The van der Waals surface area contributed by atoms with Gasteiger partial charge in [-0.1, -0.05) is 45.4 Å². The van der Waals surface area contributed by atoms with Crippen LogP contribution in [0, 0.1) is 29.6 Å². The Morgan fingerprint density at radius 1 is 0.955 bits per heavy atom. The molecule has 0 radical (unpaired) electrons. The highest BCUT2D eigenvalue weighted by Gasteiger charge is 2.35. The van der Waals surface area contributed by atoms with Crippen molar-refractivity contribution < 1.29 is 5.11 Å². The number of aliphatic hydroxyl groups is 1. The van der Waals surface area contributed by atoms with Crippen LogP contribution in [0.15, 0.2) is 0 Å². The summed E-state index contributed by atoms with van der Waals surface area (Å²) in [6.45, 7) is 3.50. The SMILES string of the molecule is C[C@@H]1CCCC2CCC(CNNC(O)C3CCCCC3)CC21. The van der Waals surface area contributed by atoms with Gasteiger partial charge in [-0.15, -0.1) is 0 Å². The largest absolute Gasteiger partial charge is 0.377 e. The lowest BCUT2D eigenvalue weighted by Gasteiger charge is -2.43. The van der Waals surface area contributed by atoms with Crippen LogP contribution < -0.4 is 10.9 Å². The topological polar surface area (TPSA) is 44.3 Å². The third-order valence-electron chi connectivity index (χ3n) is 6.86. The summed E-state index contributed by atoms with van der Waals surface area (Å²) in [5.41, 5.74) is 6.55. The molecule has 128 valence electrons. The van der Waals surface area contributed by atoms with E-state index >= 15 is 0 Å². The molecular formula is C19H36N2O.